The summed E-state index contributed by atoms with van der Waals surface area (Å²) in [5.74, 6) is -0.00467. The van der Waals surface area contributed by atoms with Crippen molar-refractivity contribution in [2.24, 2.45) is 5.92 Å². The number of carbonyl (C=O) groups excluding carboxylic acids is 1. The molecule has 0 aliphatic carbocycles. The predicted molar refractivity (Wildman–Crippen MR) is 97.2 cm³/mol. The van der Waals surface area contributed by atoms with Crippen molar-refractivity contribution in [1.29, 1.82) is 0 Å². The highest BCUT2D eigenvalue weighted by molar-refractivity contribution is 5.95. The van der Waals surface area contributed by atoms with Gasteiger partial charge in [-0.2, -0.15) is 5.10 Å². The summed E-state index contributed by atoms with van der Waals surface area (Å²) in [6.45, 7) is 8.07. The van der Waals surface area contributed by atoms with Crippen LogP contribution in [-0.2, 0) is 0 Å². The second kappa shape index (κ2) is 6.88. The number of likely N-dealkylation sites (tertiary alicyclic amines) is 1. The molecule has 6 heteroatoms. The third-order valence-electron chi connectivity index (χ3n) is 5.23. The maximum absolute atomic E-state index is 12.6. The maximum atomic E-state index is 12.6. The van der Waals surface area contributed by atoms with Gasteiger partial charge in [0.1, 0.15) is 0 Å². The van der Waals surface area contributed by atoms with E-state index < -0.39 is 0 Å². The molecule has 2 unspecified atom stereocenters. The molecule has 1 aliphatic rings. The fourth-order valence-electron chi connectivity index (χ4n) is 3.40. The van der Waals surface area contributed by atoms with Gasteiger partial charge in [0, 0.05) is 12.6 Å². The van der Waals surface area contributed by atoms with E-state index in [0.717, 1.165) is 36.3 Å². The summed E-state index contributed by atoms with van der Waals surface area (Å²) in [6.07, 6.45) is 2.56. The Balaban J connectivity index is 1.78. The quantitative estimate of drug-likeness (QED) is 0.894. The molecule has 0 saturated carbocycles. The van der Waals surface area contributed by atoms with Crippen LogP contribution in [0.5, 0.6) is 5.75 Å². The lowest BCUT2D eigenvalue weighted by atomic mass is 10.0. The molecule has 6 nitrogen and oxygen atoms in total. The van der Waals surface area contributed by atoms with Gasteiger partial charge in [0.25, 0.3) is 5.91 Å². The second-order valence-corrected chi connectivity index (χ2v) is 7.10. The summed E-state index contributed by atoms with van der Waals surface area (Å²) in [4.78, 5) is 14.8. The van der Waals surface area contributed by atoms with Gasteiger partial charge in [-0.1, -0.05) is 12.1 Å². The van der Waals surface area contributed by atoms with Crippen molar-refractivity contribution in [3.05, 3.63) is 41.2 Å². The normalized spacial score (nSPS) is 19.1. The van der Waals surface area contributed by atoms with Crippen LogP contribution in [0, 0.1) is 19.8 Å². The number of hydrogen-bond donors (Lipinski definition) is 2. The van der Waals surface area contributed by atoms with Gasteiger partial charge in [0.2, 0.25) is 0 Å². The highest BCUT2D eigenvalue weighted by Gasteiger charge is 2.27. The third-order valence-corrected chi connectivity index (χ3v) is 5.23. The lowest BCUT2D eigenvalue weighted by Gasteiger charge is -2.20. The van der Waals surface area contributed by atoms with Crippen molar-refractivity contribution in [2.45, 2.75) is 33.2 Å². The van der Waals surface area contributed by atoms with E-state index in [4.69, 9.17) is 0 Å². The SMILES string of the molecule is Cc1cccc(-n2cc(O)c(C(=O)NC(C)C3CCN(C)C3)n2)c1C. The predicted octanol–water partition coefficient (Wildman–Crippen LogP) is 2.26. The van der Waals surface area contributed by atoms with Gasteiger partial charge in [-0.3, -0.25) is 4.79 Å². The molecule has 3 rings (SSSR count). The summed E-state index contributed by atoms with van der Waals surface area (Å²) in [6, 6.07) is 5.93. The molecule has 2 N–H and O–H groups in total. The maximum Gasteiger partial charge on any atom is 0.275 e. The van der Waals surface area contributed by atoms with Crippen LogP contribution in [0.3, 0.4) is 0 Å². The summed E-state index contributed by atoms with van der Waals surface area (Å²) < 4.78 is 1.57. The van der Waals surface area contributed by atoms with E-state index >= 15 is 0 Å². The molecule has 2 atom stereocenters. The Morgan fingerprint density at radius 2 is 2.16 bits per heavy atom. The van der Waals surface area contributed by atoms with Crippen LogP contribution in [0.2, 0.25) is 0 Å². The lowest BCUT2D eigenvalue weighted by molar-refractivity contribution is 0.0919. The van der Waals surface area contributed by atoms with Gasteiger partial charge in [0.15, 0.2) is 11.4 Å². The summed E-state index contributed by atoms with van der Waals surface area (Å²) in [5.41, 5.74) is 3.13. The number of hydrogen-bond acceptors (Lipinski definition) is 4. The molecule has 2 aromatic rings. The highest BCUT2D eigenvalue weighted by atomic mass is 16.3. The Morgan fingerprint density at radius 1 is 1.40 bits per heavy atom. The zero-order valence-corrected chi connectivity index (χ0v) is 15.3. The molecule has 0 spiro atoms. The van der Waals surface area contributed by atoms with E-state index in [1.807, 2.05) is 39.0 Å². The zero-order chi connectivity index (χ0) is 18.1. The van der Waals surface area contributed by atoms with E-state index in [1.54, 1.807) is 4.68 Å². The summed E-state index contributed by atoms with van der Waals surface area (Å²) >= 11 is 0. The lowest BCUT2D eigenvalue weighted by Crippen LogP contribution is -2.39. The number of nitrogens with one attached hydrogen (secondary N) is 1. The van der Waals surface area contributed by atoms with Crippen LogP contribution in [-0.4, -0.2) is 51.9 Å². The van der Waals surface area contributed by atoms with Gasteiger partial charge in [-0.25, -0.2) is 4.68 Å². The molecule has 1 aromatic heterocycles. The standard InChI is InChI=1S/C19H26N4O2/c1-12-6-5-7-16(13(12)2)23-11-17(24)18(21-23)19(25)20-14(3)15-8-9-22(4)10-15/h5-7,11,14-15,24H,8-10H2,1-4H3,(H,20,25). The smallest absolute Gasteiger partial charge is 0.275 e. The first-order valence-electron chi connectivity index (χ1n) is 8.71. The molecule has 1 fully saturated rings. The number of rotatable bonds is 4. The third kappa shape index (κ3) is 3.54. The van der Waals surface area contributed by atoms with E-state index in [-0.39, 0.29) is 23.4 Å². The number of nitrogens with zero attached hydrogens (tertiary/aromatic N) is 3. The van der Waals surface area contributed by atoms with Gasteiger partial charge in [-0.05, 0) is 63.9 Å². The van der Waals surface area contributed by atoms with Crippen LogP contribution in [0.15, 0.2) is 24.4 Å². The van der Waals surface area contributed by atoms with Crippen LogP contribution >= 0.6 is 0 Å². The number of aryl methyl sites for hydroxylation is 1. The first-order chi connectivity index (χ1) is 11.9. The Bertz CT molecular complexity index is 784. The molecule has 134 valence electrons. The minimum absolute atomic E-state index is 0.0442. The largest absolute Gasteiger partial charge is 0.504 e. The van der Waals surface area contributed by atoms with E-state index in [0.29, 0.717) is 5.92 Å². The number of aromatic nitrogens is 2. The Hall–Kier alpha value is -2.34. The average molecular weight is 342 g/mol. The van der Waals surface area contributed by atoms with Crippen molar-refractivity contribution < 1.29 is 9.90 Å². The van der Waals surface area contributed by atoms with Crippen LogP contribution in [0.25, 0.3) is 5.69 Å². The molecular formula is C19H26N4O2. The molecule has 1 aliphatic heterocycles. The van der Waals surface area contributed by atoms with Crippen LogP contribution in [0.4, 0.5) is 0 Å². The molecular weight excluding hydrogens is 316 g/mol. The second-order valence-electron chi connectivity index (χ2n) is 7.10. The Morgan fingerprint density at radius 3 is 2.84 bits per heavy atom. The van der Waals surface area contributed by atoms with Crippen molar-refractivity contribution >= 4 is 5.91 Å². The van der Waals surface area contributed by atoms with Crippen molar-refractivity contribution in [3.8, 4) is 11.4 Å². The fraction of sp³-hybridized carbons (Fsp3) is 0.474. The van der Waals surface area contributed by atoms with Gasteiger partial charge in [-0.15, -0.1) is 0 Å². The number of amides is 1. The first-order valence-corrected chi connectivity index (χ1v) is 8.71. The van der Waals surface area contributed by atoms with E-state index in [1.165, 1.54) is 6.20 Å². The Labute approximate surface area is 148 Å². The molecule has 1 saturated heterocycles. The number of aromatic hydroxyl groups is 1. The van der Waals surface area contributed by atoms with Gasteiger partial charge in [0.05, 0.1) is 11.9 Å². The van der Waals surface area contributed by atoms with Crippen molar-refractivity contribution in [3.63, 3.8) is 0 Å². The minimum atomic E-state index is -0.330. The van der Waals surface area contributed by atoms with Gasteiger partial charge >= 0.3 is 0 Å². The molecule has 0 bridgehead atoms. The monoisotopic (exact) mass is 342 g/mol. The van der Waals surface area contributed by atoms with Gasteiger partial charge < -0.3 is 15.3 Å². The van der Waals surface area contributed by atoms with Crippen LogP contribution < -0.4 is 5.32 Å². The van der Waals surface area contributed by atoms with E-state index in [2.05, 4.69) is 22.4 Å². The molecule has 0 radical (unpaired) electrons. The van der Waals surface area contributed by atoms with Crippen LogP contribution in [0.1, 0.15) is 35.0 Å². The minimum Gasteiger partial charge on any atom is -0.504 e. The molecule has 25 heavy (non-hydrogen) atoms. The highest BCUT2D eigenvalue weighted by Crippen LogP contribution is 2.23. The summed E-state index contributed by atoms with van der Waals surface area (Å²) in [7, 11) is 2.09. The average Bonchev–Trinajstić information content (AvgIpc) is 3.16. The van der Waals surface area contributed by atoms with Crippen molar-refractivity contribution in [1.82, 2.24) is 20.0 Å². The molecule has 1 aromatic carbocycles. The molecule has 2 heterocycles. The first kappa shape index (κ1) is 17.5. The number of carbonyl (C=O) groups is 1. The fourth-order valence-corrected chi connectivity index (χ4v) is 3.40. The Kier molecular flexibility index (Phi) is 4.81. The zero-order valence-electron chi connectivity index (χ0n) is 15.3. The molecule has 1 amide bonds. The van der Waals surface area contributed by atoms with E-state index in [9.17, 15) is 9.90 Å². The number of benzene rings is 1. The van der Waals surface area contributed by atoms with Crippen molar-refractivity contribution in [2.75, 3.05) is 20.1 Å². The topological polar surface area (TPSA) is 70.4 Å². The summed E-state index contributed by atoms with van der Waals surface area (Å²) in [5, 5.41) is 17.5.